The molecule has 33 heavy (non-hydrogen) atoms. The van der Waals surface area contributed by atoms with Gasteiger partial charge in [-0.05, 0) is 55.3 Å². The Morgan fingerprint density at radius 3 is 2.61 bits per heavy atom. The summed E-state index contributed by atoms with van der Waals surface area (Å²) in [4.78, 5) is 20.2. The number of aromatic nitrogens is 1. The molecule has 1 aromatic heterocycles. The molecule has 0 amide bonds. The second kappa shape index (κ2) is 7.87. The highest BCUT2D eigenvalue weighted by Crippen LogP contribution is 2.33. The van der Waals surface area contributed by atoms with E-state index in [2.05, 4.69) is 9.98 Å². The van der Waals surface area contributed by atoms with Gasteiger partial charge in [0, 0.05) is 28.8 Å². The topological polar surface area (TPSA) is 102 Å². The summed E-state index contributed by atoms with van der Waals surface area (Å²) in [7, 11) is 0. The molecule has 0 bridgehead atoms. The third-order valence-electron chi connectivity index (χ3n) is 5.66. The first-order chi connectivity index (χ1) is 15.9. The van der Waals surface area contributed by atoms with E-state index in [0.717, 1.165) is 27.8 Å². The largest absolute Gasteiger partial charge is 0.507 e. The van der Waals surface area contributed by atoms with Gasteiger partial charge < -0.3 is 9.52 Å². The van der Waals surface area contributed by atoms with E-state index >= 15 is 0 Å². The predicted molar refractivity (Wildman–Crippen MR) is 128 cm³/mol. The van der Waals surface area contributed by atoms with Crippen molar-refractivity contribution < 1.29 is 14.4 Å². The minimum Gasteiger partial charge on any atom is -0.507 e. The Hall–Kier alpha value is -4.52. The molecule has 1 N–H and O–H groups in total. The molecule has 0 aliphatic rings. The number of phenolic OH excluding ortho intramolecular Hbond substituents is 1. The average Bonchev–Trinajstić information content (AvgIpc) is 3.24. The van der Waals surface area contributed by atoms with Crippen LogP contribution in [0.25, 0.3) is 33.3 Å². The highest BCUT2D eigenvalue weighted by Gasteiger charge is 2.15. The number of aliphatic imine (C=N–C) groups is 1. The van der Waals surface area contributed by atoms with Crippen molar-refractivity contribution in [3.63, 3.8) is 0 Å². The molecule has 0 radical (unpaired) electrons. The Labute approximate surface area is 188 Å². The monoisotopic (exact) mass is 437 g/mol. The molecule has 1 heterocycles. The summed E-state index contributed by atoms with van der Waals surface area (Å²) in [5.74, 6) is 0.495. The van der Waals surface area contributed by atoms with Crippen LogP contribution in [-0.2, 0) is 0 Å². The van der Waals surface area contributed by atoms with Crippen LogP contribution in [0, 0.1) is 24.0 Å². The molecule has 0 saturated carbocycles. The van der Waals surface area contributed by atoms with E-state index in [9.17, 15) is 15.2 Å². The molecule has 7 nitrogen and oxygen atoms in total. The van der Waals surface area contributed by atoms with E-state index in [1.807, 2.05) is 50.2 Å². The number of para-hydroxylation sites is 1. The highest BCUT2D eigenvalue weighted by molar-refractivity contribution is 6.06. The molecule has 0 aliphatic heterocycles. The zero-order valence-corrected chi connectivity index (χ0v) is 17.9. The van der Waals surface area contributed by atoms with Crippen molar-refractivity contribution in [3.05, 3.63) is 93.5 Å². The van der Waals surface area contributed by atoms with Crippen molar-refractivity contribution in [2.45, 2.75) is 13.8 Å². The second-order valence-corrected chi connectivity index (χ2v) is 7.83. The molecule has 5 aromatic rings. The number of aryl methyl sites for hydroxylation is 2. The van der Waals surface area contributed by atoms with Crippen molar-refractivity contribution >= 4 is 39.5 Å². The quantitative estimate of drug-likeness (QED) is 0.193. The standard InChI is InChI=1S/C26H19N3O4/c1-15-9-10-17(26-28-25-16(2)5-3-8-24(25)33-26)13-21(15)27-14-20-18-6-4-7-22(29(31)32)19(18)11-12-23(20)30/h3-14,30H,1-2H3. The zero-order chi connectivity index (χ0) is 23.1. The molecule has 0 fully saturated rings. The molecule has 5 rings (SSSR count). The number of nitrogens with zero attached hydrogens (tertiary/aromatic N) is 3. The van der Waals surface area contributed by atoms with Crippen LogP contribution in [0.4, 0.5) is 11.4 Å². The van der Waals surface area contributed by atoms with Crippen LogP contribution >= 0.6 is 0 Å². The summed E-state index contributed by atoms with van der Waals surface area (Å²) in [6.45, 7) is 3.92. The minimum absolute atomic E-state index is 0.00465. The first-order valence-corrected chi connectivity index (χ1v) is 10.3. The van der Waals surface area contributed by atoms with Crippen molar-refractivity contribution in [3.8, 4) is 17.2 Å². The number of nitro groups is 1. The zero-order valence-electron chi connectivity index (χ0n) is 17.9. The van der Waals surface area contributed by atoms with Crippen LogP contribution in [0.3, 0.4) is 0 Å². The van der Waals surface area contributed by atoms with E-state index < -0.39 is 4.92 Å². The Morgan fingerprint density at radius 2 is 1.82 bits per heavy atom. The normalized spacial score (nSPS) is 11.6. The highest BCUT2D eigenvalue weighted by atomic mass is 16.6. The van der Waals surface area contributed by atoms with Gasteiger partial charge in [-0.1, -0.05) is 30.3 Å². The predicted octanol–water partition coefficient (Wildman–Crippen LogP) is 6.63. The number of oxazole rings is 1. The van der Waals surface area contributed by atoms with E-state index in [1.54, 1.807) is 18.2 Å². The number of phenols is 1. The summed E-state index contributed by atoms with van der Waals surface area (Å²) in [5.41, 5.74) is 5.35. The maximum Gasteiger partial charge on any atom is 0.277 e. The van der Waals surface area contributed by atoms with Gasteiger partial charge in [-0.2, -0.15) is 0 Å². The molecule has 0 unspecified atom stereocenters. The van der Waals surface area contributed by atoms with Crippen LogP contribution in [0.2, 0.25) is 0 Å². The number of hydrogen-bond donors (Lipinski definition) is 1. The van der Waals surface area contributed by atoms with Gasteiger partial charge in [-0.25, -0.2) is 4.98 Å². The van der Waals surface area contributed by atoms with Crippen molar-refractivity contribution in [1.82, 2.24) is 4.98 Å². The number of hydrogen-bond acceptors (Lipinski definition) is 6. The van der Waals surface area contributed by atoms with E-state index in [0.29, 0.717) is 27.9 Å². The molecule has 4 aromatic carbocycles. The van der Waals surface area contributed by atoms with Gasteiger partial charge in [0.2, 0.25) is 5.89 Å². The lowest BCUT2D eigenvalue weighted by atomic mass is 10.0. The van der Waals surface area contributed by atoms with Crippen molar-refractivity contribution in [2.24, 2.45) is 4.99 Å². The lowest BCUT2D eigenvalue weighted by Gasteiger charge is -2.06. The van der Waals surface area contributed by atoms with Crippen LogP contribution in [0.1, 0.15) is 16.7 Å². The Morgan fingerprint density at radius 1 is 1.00 bits per heavy atom. The third-order valence-corrected chi connectivity index (χ3v) is 5.66. The molecule has 162 valence electrons. The van der Waals surface area contributed by atoms with Gasteiger partial charge in [0.15, 0.2) is 5.58 Å². The second-order valence-electron chi connectivity index (χ2n) is 7.83. The van der Waals surface area contributed by atoms with Gasteiger partial charge in [0.1, 0.15) is 11.3 Å². The maximum atomic E-state index is 11.4. The van der Waals surface area contributed by atoms with Crippen molar-refractivity contribution in [1.29, 1.82) is 0 Å². The van der Waals surface area contributed by atoms with Crippen molar-refractivity contribution in [2.75, 3.05) is 0 Å². The van der Waals surface area contributed by atoms with Crippen LogP contribution in [0.15, 0.2) is 76.1 Å². The fraction of sp³-hybridized carbons (Fsp3) is 0.0769. The van der Waals surface area contributed by atoms with Crippen LogP contribution < -0.4 is 0 Å². The van der Waals surface area contributed by atoms with Crippen LogP contribution in [0.5, 0.6) is 5.75 Å². The summed E-state index contributed by atoms with van der Waals surface area (Å²) in [5, 5.41) is 22.8. The first kappa shape index (κ1) is 20.4. The average molecular weight is 437 g/mol. The molecular weight excluding hydrogens is 418 g/mol. The molecule has 0 saturated heterocycles. The molecule has 0 atom stereocenters. The Balaban J connectivity index is 1.59. The summed E-state index contributed by atoms with van der Waals surface area (Å²) in [6.07, 6.45) is 1.53. The first-order valence-electron chi connectivity index (χ1n) is 10.3. The van der Waals surface area contributed by atoms with Gasteiger partial charge in [-0.3, -0.25) is 15.1 Å². The lowest BCUT2D eigenvalue weighted by Crippen LogP contribution is -1.92. The fourth-order valence-corrected chi connectivity index (χ4v) is 3.87. The summed E-state index contributed by atoms with van der Waals surface area (Å²) in [6, 6.07) is 19.3. The Bertz CT molecular complexity index is 1580. The Kier molecular flexibility index (Phi) is 4.86. The maximum absolute atomic E-state index is 11.4. The molecule has 0 spiro atoms. The van der Waals surface area contributed by atoms with Gasteiger partial charge in [0.05, 0.1) is 16.0 Å². The number of rotatable bonds is 4. The van der Waals surface area contributed by atoms with Gasteiger partial charge >= 0.3 is 0 Å². The van der Waals surface area contributed by atoms with Crippen LogP contribution in [-0.4, -0.2) is 21.2 Å². The minimum atomic E-state index is -0.435. The fourth-order valence-electron chi connectivity index (χ4n) is 3.87. The number of non-ortho nitro benzene ring substituents is 1. The summed E-state index contributed by atoms with van der Waals surface area (Å²) < 4.78 is 5.94. The SMILES string of the molecule is Cc1ccc(-c2nc3c(C)cccc3o2)cc1N=Cc1c(O)ccc2c([N+](=O)[O-])cccc12. The molecule has 7 heteroatoms. The smallest absolute Gasteiger partial charge is 0.277 e. The van der Waals surface area contributed by atoms with Gasteiger partial charge in [-0.15, -0.1) is 0 Å². The third kappa shape index (κ3) is 3.59. The lowest BCUT2D eigenvalue weighted by molar-refractivity contribution is -0.383. The van der Waals surface area contributed by atoms with Gasteiger partial charge in [0.25, 0.3) is 5.69 Å². The number of aromatic hydroxyl groups is 1. The van der Waals surface area contributed by atoms with E-state index in [4.69, 9.17) is 4.42 Å². The molecule has 0 aliphatic carbocycles. The summed E-state index contributed by atoms with van der Waals surface area (Å²) >= 11 is 0. The molecular formula is C26H19N3O4. The van der Waals surface area contributed by atoms with E-state index in [1.165, 1.54) is 18.3 Å². The number of benzene rings is 4. The number of nitro benzene ring substituents is 1. The number of fused-ring (bicyclic) bond motifs is 2. The van der Waals surface area contributed by atoms with E-state index in [-0.39, 0.29) is 11.4 Å².